The zero-order valence-corrected chi connectivity index (χ0v) is 11.4. The van der Waals surface area contributed by atoms with Gasteiger partial charge in [-0.05, 0) is 39.0 Å². The Morgan fingerprint density at radius 1 is 1.35 bits per heavy atom. The number of carbonyl (C=O) groups excluding carboxylic acids is 1. The first-order valence-corrected chi connectivity index (χ1v) is 7.23. The van der Waals surface area contributed by atoms with Crippen LogP contribution in [0.1, 0.15) is 59.3 Å². The van der Waals surface area contributed by atoms with Gasteiger partial charge in [-0.15, -0.1) is 0 Å². The van der Waals surface area contributed by atoms with Crippen LogP contribution in [0, 0.1) is 5.92 Å². The van der Waals surface area contributed by atoms with E-state index in [1.54, 1.807) is 0 Å². The van der Waals surface area contributed by atoms with E-state index in [-0.39, 0.29) is 12.2 Å². The number of rotatable bonds is 3. The minimum absolute atomic E-state index is 0.0519. The lowest BCUT2D eigenvalue weighted by Gasteiger charge is -2.36. The summed E-state index contributed by atoms with van der Waals surface area (Å²) in [6.07, 6.45) is 7.78. The number of hydrogen-bond acceptors (Lipinski definition) is 2. The highest BCUT2D eigenvalue weighted by molar-refractivity contribution is 5.84. The lowest BCUT2D eigenvalue weighted by molar-refractivity contribution is -0.133. The van der Waals surface area contributed by atoms with Gasteiger partial charge in [-0.3, -0.25) is 10.1 Å². The summed E-state index contributed by atoms with van der Waals surface area (Å²) in [6.45, 7) is 6.44. The normalized spacial score (nSPS) is 33.1. The van der Waals surface area contributed by atoms with Crippen molar-refractivity contribution < 1.29 is 4.79 Å². The molecule has 1 heterocycles. The molecule has 0 aromatic heterocycles. The first kappa shape index (κ1) is 12.9. The van der Waals surface area contributed by atoms with Gasteiger partial charge in [-0.1, -0.05) is 26.2 Å². The Balaban J connectivity index is 2.02. The average molecular weight is 238 g/mol. The molecule has 2 fully saturated rings. The van der Waals surface area contributed by atoms with Crippen LogP contribution in [0.2, 0.25) is 0 Å². The zero-order valence-electron chi connectivity index (χ0n) is 11.4. The number of amides is 1. The van der Waals surface area contributed by atoms with Crippen molar-refractivity contribution in [3.8, 4) is 0 Å². The lowest BCUT2D eigenvalue weighted by Crippen LogP contribution is -2.45. The van der Waals surface area contributed by atoms with Crippen LogP contribution in [-0.4, -0.2) is 29.1 Å². The standard InChI is InChI=1S/C14H26N2O/c1-4-13-14(17)16(11(3)15-13)10(2)12-8-6-5-7-9-12/h10-13,15H,4-9H2,1-3H3. The van der Waals surface area contributed by atoms with Gasteiger partial charge in [0.1, 0.15) is 0 Å². The van der Waals surface area contributed by atoms with Crippen molar-refractivity contribution >= 4 is 5.91 Å². The predicted octanol–water partition coefficient (Wildman–Crippen LogP) is 2.51. The quantitative estimate of drug-likeness (QED) is 0.819. The second kappa shape index (κ2) is 5.38. The highest BCUT2D eigenvalue weighted by Crippen LogP contribution is 2.31. The monoisotopic (exact) mass is 238 g/mol. The van der Waals surface area contributed by atoms with E-state index < -0.39 is 0 Å². The molecule has 98 valence electrons. The Bertz CT molecular complexity index is 273. The molecule has 3 atom stereocenters. The third-order valence-corrected chi connectivity index (χ3v) is 4.59. The van der Waals surface area contributed by atoms with Crippen LogP contribution in [0.25, 0.3) is 0 Å². The molecule has 1 N–H and O–H groups in total. The van der Waals surface area contributed by atoms with Crippen LogP contribution in [0.15, 0.2) is 0 Å². The van der Waals surface area contributed by atoms with Gasteiger partial charge in [0.2, 0.25) is 5.91 Å². The molecular formula is C14H26N2O. The molecule has 0 aromatic carbocycles. The van der Waals surface area contributed by atoms with Crippen LogP contribution in [0.4, 0.5) is 0 Å². The molecule has 17 heavy (non-hydrogen) atoms. The average Bonchev–Trinajstić information content (AvgIpc) is 2.64. The maximum absolute atomic E-state index is 12.3. The molecule has 1 saturated heterocycles. The summed E-state index contributed by atoms with van der Waals surface area (Å²) < 4.78 is 0. The van der Waals surface area contributed by atoms with Gasteiger partial charge in [0, 0.05) is 6.04 Å². The van der Waals surface area contributed by atoms with E-state index in [0.29, 0.717) is 17.9 Å². The fourth-order valence-electron chi connectivity index (χ4n) is 3.50. The predicted molar refractivity (Wildman–Crippen MR) is 69.6 cm³/mol. The van der Waals surface area contributed by atoms with Crippen molar-refractivity contribution in [3.63, 3.8) is 0 Å². The Hall–Kier alpha value is -0.570. The fourth-order valence-corrected chi connectivity index (χ4v) is 3.50. The van der Waals surface area contributed by atoms with Gasteiger partial charge >= 0.3 is 0 Å². The molecule has 3 heteroatoms. The molecule has 1 saturated carbocycles. The van der Waals surface area contributed by atoms with Crippen LogP contribution >= 0.6 is 0 Å². The summed E-state index contributed by atoms with van der Waals surface area (Å²) in [5.41, 5.74) is 0. The molecule has 1 aliphatic carbocycles. The molecule has 1 aliphatic heterocycles. The molecule has 3 nitrogen and oxygen atoms in total. The first-order chi connectivity index (χ1) is 8.15. The minimum atomic E-state index is 0.0519. The van der Waals surface area contributed by atoms with E-state index in [1.807, 2.05) is 0 Å². The van der Waals surface area contributed by atoms with Crippen LogP contribution in [0.5, 0.6) is 0 Å². The highest BCUT2D eigenvalue weighted by atomic mass is 16.2. The van der Waals surface area contributed by atoms with Crippen LogP contribution in [-0.2, 0) is 4.79 Å². The second-order valence-corrected chi connectivity index (χ2v) is 5.69. The highest BCUT2D eigenvalue weighted by Gasteiger charge is 2.40. The van der Waals surface area contributed by atoms with Gasteiger partial charge < -0.3 is 4.90 Å². The Labute approximate surface area is 105 Å². The van der Waals surface area contributed by atoms with Gasteiger partial charge in [0.15, 0.2) is 0 Å². The van der Waals surface area contributed by atoms with E-state index >= 15 is 0 Å². The van der Waals surface area contributed by atoms with E-state index in [4.69, 9.17) is 0 Å². The summed E-state index contributed by atoms with van der Waals surface area (Å²) >= 11 is 0. The van der Waals surface area contributed by atoms with Gasteiger partial charge in [-0.25, -0.2) is 0 Å². The molecular weight excluding hydrogens is 212 g/mol. The van der Waals surface area contributed by atoms with E-state index in [9.17, 15) is 4.79 Å². The number of hydrogen-bond donors (Lipinski definition) is 1. The van der Waals surface area contributed by atoms with Crippen molar-refractivity contribution in [2.24, 2.45) is 5.92 Å². The molecule has 1 amide bonds. The SMILES string of the molecule is CCC1NC(C)N(C(C)C2CCCCC2)C1=O. The number of carbonyl (C=O) groups is 1. The zero-order chi connectivity index (χ0) is 12.4. The molecule has 0 aromatic rings. The molecule has 0 radical (unpaired) electrons. The maximum Gasteiger partial charge on any atom is 0.241 e. The van der Waals surface area contributed by atoms with Crippen LogP contribution < -0.4 is 5.32 Å². The van der Waals surface area contributed by atoms with Crippen molar-refractivity contribution in [1.29, 1.82) is 0 Å². The van der Waals surface area contributed by atoms with Crippen molar-refractivity contribution in [2.45, 2.75) is 77.5 Å². The molecule has 0 bridgehead atoms. The number of nitrogens with one attached hydrogen (secondary N) is 1. The van der Waals surface area contributed by atoms with E-state index in [2.05, 4.69) is 31.0 Å². The van der Waals surface area contributed by atoms with E-state index in [1.165, 1.54) is 32.1 Å². The molecule has 0 spiro atoms. The first-order valence-electron chi connectivity index (χ1n) is 7.23. The minimum Gasteiger partial charge on any atom is -0.323 e. The van der Waals surface area contributed by atoms with E-state index in [0.717, 1.165) is 6.42 Å². The second-order valence-electron chi connectivity index (χ2n) is 5.69. The van der Waals surface area contributed by atoms with Crippen LogP contribution in [0.3, 0.4) is 0 Å². The van der Waals surface area contributed by atoms with Gasteiger partial charge in [-0.2, -0.15) is 0 Å². The topological polar surface area (TPSA) is 32.3 Å². The third-order valence-electron chi connectivity index (χ3n) is 4.59. The summed E-state index contributed by atoms with van der Waals surface area (Å²) in [7, 11) is 0. The Morgan fingerprint density at radius 3 is 2.53 bits per heavy atom. The van der Waals surface area contributed by atoms with Crippen molar-refractivity contribution in [3.05, 3.63) is 0 Å². The largest absolute Gasteiger partial charge is 0.323 e. The maximum atomic E-state index is 12.3. The van der Waals surface area contributed by atoms with Gasteiger partial charge in [0.05, 0.1) is 12.2 Å². The van der Waals surface area contributed by atoms with Crippen molar-refractivity contribution in [1.82, 2.24) is 10.2 Å². The molecule has 2 rings (SSSR count). The summed E-state index contributed by atoms with van der Waals surface area (Å²) in [5, 5.41) is 3.40. The summed E-state index contributed by atoms with van der Waals surface area (Å²) in [5.74, 6) is 1.03. The lowest BCUT2D eigenvalue weighted by atomic mass is 9.84. The third kappa shape index (κ3) is 2.49. The van der Waals surface area contributed by atoms with Gasteiger partial charge in [0.25, 0.3) is 0 Å². The fraction of sp³-hybridized carbons (Fsp3) is 0.929. The molecule has 3 unspecified atom stereocenters. The molecule has 2 aliphatic rings. The Morgan fingerprint density at radius 2 is 2.00 bits per heavy atom. The Kier molecular flexibility index (Phi) is 4.08. The summed E-state index contributed by atoms with van der Waals surface area (Å²) in [4.78, 5) is 14.4. The number of nitrogens with zero attached hydrogens (tertiary/aromatic N) is 1. The van der Waals surface area contributed by atoms with Crippen molar-refractivity contribution in [2.75, 3.05) is 0 Å². The summed E-state index contributed by atoms with van der Waals surface area (Å²) in [6, 6.07) is 0.456. The smallest absolute Gasteiger partial charge is 0.241 e.